The first-order valence-electron chi connectivity index (χ1n) is 6.47. The van der Waals surface area contributed by atoms with Crippen LogP contribution in [-0.4, -0.2) is 17.9 Å². The lowest BCUT2D eigenvalue weighted by Gasteiger charge is -2.15. The van der Waals surface area contributed by atoms with E-state index in [4.69, 9.17) is 5.73 Å². The first-order valence-corrected chi connectivity index (χ1v) is 6.47. The van der Waals surface area contributed by atoms with E-state index in [0.29, 0.717) is 6.42 Å². The summed E-state index contributed by atoms with van der Waals surface area (Å²) in [5.41, 5.74) is 4.86. The Bertz CT molecular complexity index is 472. The summed E-state index contributed by atoms with van der Waals surface area (Å²) < 4.78 is 26.8. The first-order chi connectivity index (χ1) is 9.45. The standard InChI is InChI=1S/C14H18F2N2O2/c1-2-3-7-12(14(17)20)18-13(19)8-9-10(15)5-4-6-11(9)16/h4-6,12H,2-3,7-8H2,1H3,(H2,17,20)(H,18,19)/t12-/m1/s1. The van der Waals surface area contributed by atoms with E-state index < -0.39 is 35.9 Å². The van der Waals surface area contributed by atoms with E-state index in [1.54, 1.807) is 0 Å². The van der Waals surface area contributed by atoms with Crippen molar-refractivity contribution in [2.45, 2.75) is 38.6 Å². The molecule has 3 N–H and O–H groups in total. The average Bonchev–Trinajstić information content (AvgIpc) is 2.38. The Morgan fingerprint density at radius 1 is 1.30 bits per heavy atom. The molecule has 110 valence electrons. The number of carbonyl (C=O) groups is 2. The van der Waals surface area contributed by atoms with Gasteiger partial charge in [-0.2, -0.15) is 0 Å². The van der Waals surface area contributed by atoms with Gasteiger partial charge in [-0.15, -0.1) is 0 Å². The van der Waals surface area contributed by atoms with Crippen molar-refractivity contribution in [2.24, 2.45) is 5.73 Å². The van der Waals surface area contributed by atoms with Crippen LogP contribution in [0.2, 0.25) is 0 Å². The Labute approximate surface area is 116 Å². The second-order valence-corrected chi connectivity index (χ2v) is 4.54. The van der Waals surface area contributed by atoms with Crippen molar-refractivity contribution in [3.63, 3.8) is 0 Å². The summed E-state index contributed by atoms with van der Waals surface area (Å²) in [7, 11) is 0. The molecule has 1 atom stereocenters. The highest BCUT2D eigenvalue weighted by molar-refractivity contribution is 5.87. The predicted molar refractivity (Wildman–Crippen MR) is 70.7 cm³/mol. The van der Waals surface area contributed by atoms with Gasteiger partial charge in [-0.1, -0.05) is 25.8 Å². The van der Waals surface area contributed by atoms with E-state index in [2.05, 4.69) is 5.32 Å². The Morgan fingerprint density at radius 2 is 1.90 bits per heavy atom. The highest BCUT2D eigenvalue weighted by Gasteiger charge is 2.19. The number of carbonyl (C=O) groups excluding carboxylic acids is 2. The van der Waals surface area contributed by atoms with E-state index >= 15 is 0 Å². The van der Waals surface area contributed by atoms with Crippen LogP contribution < -0.4 is 11.1 Å². The number of hydrogen-bond donors (Lipinski definition) is 2. The van der Waals surface area contributed by atoms with E-state index in [-0.39, 0.29) is 5.56 Å². The number of unbranched alkanes of at least 4 members (excludes halogenated alkanes) is 1. The average molecular weight is 284 g/mol. The van der Waals surface area contributed by atoms with Gasteiger partial charge in [0.2, 0.25) is 11.8 Å². The number of hydrogen-bond acceptors (Lipinski definition) is 2. The SMILES string of the molecule is CCCC[C@@H](NC(=O)Cc1c(F)cccc1F)C(N)=O. The molecule has 0 bridgehead atoms. The maximum atomic E-state index is 13.4. The molecule has 2 amide bonds. The monoisotopic (exact) mass is 284 g/mol. The van der Waals surface area contributed by atoms with E-state index in [0.717, 1.165) is 25.0 Å². The summed E-state index contributed by atoms with van der Waals surface area (Å²) in [5.74, 6) is -2.86. The molecule has 0 unspecified atom stereocenters. The molecule has 20 heavy (non-hydrogen) atoms. The van der Waals surface area contributed by atoms with Crippen LogP contribution in [0.5, 0.6) is 0 Å². The molecule has 0 saturated heterocycles. The number of rotatable bonds is 7. The number of nitrogens with two attached hydrogens (primary N) is 1. The van der Waals surface area contributed by atoms with Crippen LogP contribution in [-0.2, 0) is 16.0 Å². The van der Waals surface area contributed by atoms with Crippen LogP contribution in [0.1, 0.15) is 31.7 Å². The fourth-order valence-electron chi connectivity index (χ4n) is 1.80. The number of benzene rings is 1. The lowest BCUT2D eigenvalue weighted by molar-refractivity contribution is -0.127. The molecule has 0 aliphatic carbocycles. The maximum Gasteiger partial charge on any atom is 0.239 e. The second-order valence-electron chi connectivity index (χ2n) is 4.54. The molecule has 0 aromatic heterocycles. The topological polar surface area (TPSA) is 72.2 Å². The van der Waals surface area contributed by atoms with E-state index in [1.165, 1.54) is 6.07 Å². The van der Waals surface area contributed by atoms with E-state index in [9.17, 15) is 18.4 Å². The van der Waals surface area contributed by atoms with Gasteiger partial charge in [0.1, 0.15) is 17.7 Å². The highest BCUT2D eigenvalue weighted by Crippen LogP contribution is 2.12. The minimum Gasteiger partial charge on any atom is -0.368 e. The number of halogens is 2. The van der Waals surface area contributed by atoms with Crippen LogP contribution in [0.4, 0.5) is 8.78 Å². The van der Waals surface area contributed by atoms with Gasteiger partial charge in [0.05, 0.1) is 6.42 Å². The van der Waals surface area contributed by atoms with Crippen molar-refractivity contribution < 1.29 is 18.4 Å². The zero-order valence-corrected chi connectivity index (χ0v) is 11.3. The number of amides is 2. The normalized spacial score (nSPS) is 11.9. The molecule has 0 aliphatic heterocycles. The molecule has 1 aromatic carbocycles. The third-order valence-corrected chi connectivity index (χ3v) is 2.92. The van der Waals surface area contributed by atoms with Crippen molar-refractivity contribution in [1.29, 1.82) is 0 Å². The summed E-state index contributed by atoms with van der Waals surface area (Å²) in [4.78, 5) is 22.9. The molecule has 6 heteroatoms. The van der Waals surface area contributed by atoms with Gasteiger partial charge in [0.25, 0.3) is 0 Å². The summed E-state index contributed by atoms with van der Waals surface area (Å²) in [6, 6.07) is 2.57. The molecular weight excluding hydrogens is 266 g/mol. The van der Waals surface area contributed by atoms with Gasteiger partial charge in [0, 0.05) is 5.56 Å². The lowest BCUT2D eigenvalue weighted by Crippen LogP contribution is -2.45. The Balaban J connectivity index is 2.68. The summed E-state index contributed by atoms with van der Waals surface area (Å²) >= 11 is 0. The van der Waals surface area contributed by atoms with Crippen LogP contribution in [0, 0.1) is 11.6 Å². The van der Waals surface area contributed by atoms with Crippen molar-refractivity contribution in [3.8, 4) is 0 Å². The minimum absolute atomic E-state index is 0.316. The summed E-state index contributed by atoms with van der Waals surface area (Å²) in [5, 5.41) is 2.41. The quantitative estimate of drug-likeness (QED) is 0.799. The molecule has 1 aromatic rings. The third-order valence-electron chi connectivity index (χ3n) is 2.92. The largest absolute Gasteiger partial charge is 0.368 e. The Hall–Kier alpha value is -1.98. The molecule has 0 spiro atoms. The third kappa shape index (κ3) is 4.60. The highest BCUT2D eigenvalue weighted by atomic mass is 19.1. The summed E-state index contributed by atoms with van der Waals surface area (Å²) in [6.45, 7) is 1.94. The molecular formula is C14H18F2N2O2. The van der Waals surface area contributed by atoms with Crippen molar-refractivity contribution in [3.05, 3.63) is 35.4 Å². The lowest BCUT2D eigenvalue weighted by atomic mass is 10.1. The van der Waals surface area contributed by atoms with Crippen molar-refractivity contribution >= 4 is 11.8 Å². The Kier molecular flexibility index (Phi) is 6.09. The van der Waals surface area contributed by atoms with Gasteiger partial charge in [-0.3, -0.25) is 9.59 Å². The van der Waals surface area contributed by atoms with Crippen LogP contribution in [0.25, 0.3) is 0 Å². The second kappa shape index (κ2) is 7.57. The molecule has 0 saturated carbocycles. The van der Waals surface area contributed by atoms with Gasteiger partial charge in [0.15, 0.2) is 0 Å². The molecule has 0 radical (unpaired) electrons. The maximum absolute atomic E-state index is 13.4. The first kappa shape index (κ1) is 16.1. The Morgan fingerprint density at radius 3 is 2.40 bits per heavy atom. The molecule has 4 nitrogen and oxygen atoms in total. The fourth-order valence-corrected chi connectivity index (χ4v) is 1.80. The molecule has 0 heterocycles. The van der Waals surface area contributed by atoms with Gasteiger partial charge in [-0.25, -0.2) is 8.78 Å². The zero-order valence-electron chi connectivity index (χ0n) is 11.3. The zero-order chi connectivity index (χ0) is 15.1. The van der Waals surface area contributed by atoms with Crippen LogP contribution in [0.15, 0.2) is 18.2 Å². The van der Waals surface area contributed by atoms with Gasteiger partial charge >= 0.3 is 0 Å². The van der Waals surface area contributed by atoms with Crippen LogP contribution >= 0.6 is 0 Å². The molecule has 1 rings (SSSR count). The summed E-state index contributed by atoms with van der Waals surface area (Å²) in [6.07, 6.45) is 1.52. The minimum atomic E-state index is -0.808. The smallest absolute Gasteiger partial charge is 0.239 e. The van der Waals surface area contributed by atoms with Gasteiger partial charge < -0.3 is 11.1 Å². The van der Waals surface area contributed by atoms with Crippen LogP contribution in [0.3, 0.4) is 0 Å². The number of primary amides is 1. The van der Waals surface area contributed by atoms with E-state index in [1.807, 2.05) is 6.92 Å². The fraction of sp³-hybridized carbons (Fsp3) is 0.429. The van der Waals surface area contributed by atoms with Gasteiger partial charge in [-0.05, 0) is 18.6 Å². The van der Waals surface area contributed by atoms with Crippen molar-refractivity contribution in [2.75, 3.05) is 0 Å². The molecule has 0 aliphatic rings. The number of nitrogens with one attached hydrogen (secondary N) is 1. The molecule has 0 fully saturated rings. The van der Waals surface area contributed by atoms with Crippen molar-refractivity contribution in [1.82, 2.24) is 5.32 Å². The predicted octanol–water partition coefficient (Wildman–Crippen LogP) is 1.67.